The minimum Gasteiger partial charge on any atom is -0.481 e. The van der Waals surface area contributed by atoms with Crippen LogP contribution in [0.3, 0.4) is 0 Å². The van der Waals surface area contributed by atoms with E-state index in [1.807, 2.05) is 36.4 Å². The third-order valence-corrected chi connectivity index (χ3v) is 7.70. The van der Waals surface area contributed by atoms with Gasteiger partial charge >= 0.3 is 11.9 Å². The molecule has 1 N–H and O–H groups in total. The van der Waals surface area contributed by atoms with E-state index in [0.717, 1.165) is 28.7 Å². The van der Waals surface area contributed by atoms with Crippen LogP contribution in [0.5, 0.6) is 5.75 Å². The summed E-state index contributed by atoms with van der Waals surface area (Å²) in [6.07, 6.45) is 13.5. The molecule has 200 valence electrons. The normalized spacial score (nSPS) is 14.6. The number of hydrogen-bond acceptors (Lipinski definition) is 3. The molecule has 38 heavy (non-hydrogen) atoms. The van der Waals surface area contributed by atoms with E-state index in [0.29, 0.717) is 30.6 Å². The van der Waals surface area contributed by atoms with Crippen molar-refractivity contribution >= 4 is 11.9 Å². The van der Waals surface area contributed by atoms with Crippen molar-refractivity contribution < 1.29 is 19.4 Å². The van der Waals surface area contributed by atoms with Gasteiger partial charge in [-0.25, -0.2) is 4.79 Å². The summed E-state index contributed by atoms with van der Waals surface area (Å²) in [6, 6.07) is 21.7. The standard InChI is InChI=1S/C34H40O4/c1-2-3-4-5-6-7-8-9-12-25-15-17-26(18-16-25)31-13-10-11-14-32(31)34(37)38-30-22-21-27-23-29(33(35)36)20-19-28(27)24-30/h10-11,13-18,21-22,24,29H,2-9,12,19-20,23H2,1H3,(H,35,36). The summed E-state index contributed by atoms with van der Waals surface area (Å²) in [5.74, 6) is -0.973. The van der Waals surface area contributed by atoms with Gasteiger partial charge in [-0.05, 0) is 78.1 Å². The first-order valence-corrected chi connectivity index (χ1v) is 14.3. The molecule has 3 aromatic carbocycles. The van der Waals surface area contributed by atoms with Crippen molar-refractivity contribution in [1.29, 1.82) is 0 Å². The van der Waals surface area contributed by atoms with Crippen molar-refractivity contribution in [3.8, 4) is 16.9 Å². The summed E-state index contributed by atoms with van der Waals surface area (Å²) < 4.78 is 5.78. The molecule has 4 rings (SSSR count). The molecule has 1 unspecified atom stereocenters. The zero-order valence-electron chi connectivity index (χ0n) is 22.6. The zero-order valence-corrected chi connectivity index (χ0v) is 22.6. The summed E-state index contributed by atoms with van der Waals surface area (Å²) >= 11 is 0. The predicted molar refractivity (Wildman–Crippen MR) is 153 cm³/mol. The van der Waals surface area contributed by atoms with Crippen LogP contribution in [0, 0.1) is 5.92 Å². The fourth-order valence-corrected chi connectivity index (χ4v) is 5.39. The second-order valence-electron chi connectivity index (χ2n) is 10.6. The Hall–Kier alpha value is -3.40. The minimum atomic E-state index is -0.746. The summed E-state index contributed by atoms with van der Waals surface area (Å²) in [4.78, 5) is 24.5. The van der Waals surface area contributed by atoms with Gasteiger partial charge in [0.1, 0.15) is 5.75 Å². The number of unbranched alkanes of at least 4 members (excludes halogenated alkanes) is 7. The molecular formula is C34H40O4. The van der Waals surface area contributed by atoms with Crippen LogP contribution < -0.4 is 4.74 Å². The SMILES string of the molecule is CCCCCCCCCCc1ccc(-c2ccccc2C(=O)Oc2ccc3c(c2)CCC(C(=O)O)C3)cc1. The van der Waals surface area contributed by atoms with Crippen LogP contribution in [0.4, 0.5) is 0 Å². The minimum absolute atomic E-state index is 0.338. The monoisotopic (exact) mass is 512 g/mol. The largest absolute Gasteiger partial charge is 0.481 e. The number of esters is 1. The third-order valence-electron chi connectivity index (χ3n) is 7.70. The Morgan fingerprint density at radius 3 is 2.29 bits per heavy atom. The number of rotatable bonds is 13. The van der Waals surface area contributed by atoms with Gasteiger partial charge in [-0.3, -0.25) is 4.79 Å². The quantitative estimate of drug-likeness (QED) is 0.142. The molecule has 0 saturated heterocycles. The van der Waals surface area contributed by atoms with E-state index in [9.17, 15) is 14.7 Å². The van der Waals surface area contributed by atoms with E-state index in [1.54, 1.807) is 6.07 Å². The van der Waals surface area contributed by atoms with Gasteiger partial charge in [0.05, 0.1) is 11.5 Å². The van der Waals surface area contributed by atoms with Gasteiger partial charge in [0.25, 0.3) is 0 Å². The number of carbonyl (C=O) groups is 2. The van der Waals surface area contributed by atoms with Crippen molar-refractivity contribution in [2.24, 2.45) is 5.92 Å². The van der Waals surface area contributed by atoms with Crippen LogP contribution in [0.2, 0.25) is 0 Å². The first-order chi connectivity index (χ1) is 18.5. The molecule has 4 nitrogen and oxygen atoms in total. The number of carboxylic acid groups (broad SMARTS) is 1. The van der Waals surface area contributed by atoms with Crippen LogP contribution >= 0.6 is 0 Å². The van der Waals surface area contributed by atoms with Crippen LogP contribution in [0.25, 0.3) is 11.1 Å². The molecule has 0 spiro atoms. The number of fused-ring (bicyclic) bond motifs is 1. The maximum absolute atomic E-state index is 13.2. The van der Waals surface area contributed by atoms with Gasteiger partial charge in [-0.1, -0.05) is 100 Å². The molecule has 3 aromatic rings. The van der Waals surface area contributed by atoms with E-state index in [4.69, 9.17) is 4.74 Å². The number of hydrogen-bond donors (Lipinski definition) is 1. The van der Waals surface area contributed by atoms with Gasteiger partial charge in [0.15, 0.2) is 0 Å². The average Bonchev–Trinajstić information content (AvgIpc) is 2.94. The van der Waals surface area contributed by atoms with Crippen LogP contribution in [0.1, 0.15) is 91.8 Å². The lowest BCUT2D eigenvalue weighted by atomic mass is 9.84. The highest BCUT2D eigenvalue weighted by Crippen LogP contribution is 2.30. The Labute approximate surface area is 227 Å². The molecule has 0 radical (unpaired) electrons. The number of aryl methyl sites for hydroxylation is 2. The second-order valence-corrected chi connectivity index (χ2v) is 10.6. The van der Waals surface area contributed by atoms with Crippen molar-refractivity contribution in [3.63, 3.8) is 0 Å². The zero-order chi connectivity index (χ0) is 26.7. The smallest absolute Gasteiger partial charge is 0.344 e. The van der Waals surface area contributed by atoms with E-state index >= 15 is 0 Å². The van der Waals surface area contributed by atoms with Gasteiger partial charge in [0.2, 0.25) is 0 Å². The first kappa shape index (κ1) is 27.6. The van der Waals surface area contributed by atoms with E-state index in [2.05, 4.69) is 31.2 Å². The highest BCUT2D eigenvalue weighted by molar-refractivity contribution is 5.98. The molecule has 0 fully saturated rings. The van der Waals surface area contributed by atoms with E-state index in [-0.39, 0.29) is 11.9 Å². The van der Waals surface area contributed by atoms with Crippen LogP contribution in [-0.2, 0) is 24.1 Å². The average molecular weight is 513 g/mol. The molecule has 1 aliphatic rings. The van der Waals surface area contributed by atoms with E-state index < -0.39 is 5.97 Å². The number of ether oxygens (including phenoxy) is 1. The number of aliphatic carboxylic acids is 1. The molecule has 0 aliphatic heterocycles. The van der Waals surface area contributed by atoms with E-state index in [1.165, 1.54) is 56.9 Å². The van der Waals surface area contributed by atoms with Crippen molar-refractivity contribution in [2.75, 3.05) is 0 Å². The highest BCUT2D eigenvalue weighted by Gasteiger charge is 2.25. The lowest BCUT2D eigenvalue weighted by Crippen LogP contribution is -2.22. The Morgan fingerprint density at radius 1 is 0.842 bits per heavy atom. The summed E-state index contributed by atoms with van der Waals surface area (Å²) in [7, 11) is 0. The highest BCUT2D eigenvalue weighted by atomic mass is 16.5. The van der Waals surface area contributed by atoms with Gasteiger partial charge in [0, 0.05) is 0 Å². The van der Waals surface area contributed by atoms with Crippen molar-refractivity contribution in [3.05, 3.63) is 89.0 Å². The van der Waals surface area contributed by atoms with Crippen LogP contribution in [-0.4, -0.2) is 17.0 Å². The van der Waals surface area contributed by atoms with Crippen molar-refractivity contribution in [1.82, 2.24) is 0 Å². The Kier molecular flexibility index (Phi) is 10.1. The van der Waals surface area contributed by atoms with Gasteiger partial charge in [-0.15, -0.1) is 0 Å². The lowest BCUT2D eigenvalue weighted by molar-refractivity contribution is -0.142. The summed E-state index contributed by atoms with van der Waals surface area (Å²) in [6.45, 7) is 2.26. The maximum atomic E-state index is 13.2. The molecular weight excluding hydrogens is 472 g/mol. The predicted octanol–water partition coefficient (Wildman–Crippen LogP) is 8.45. The molecule has 0 aromatic heterocycles. The van der Waals surface area contributed by atoms with Crippen LogP contribution in [0.15, 0.2) is 66.7 Å². The fraction of sp³-hybridized carbons (Fsp3) is 0.412. The maximum Gasteiger partial charge on any atom is 0.344 e. The fourth-order valence-electron chi connectivity index (χ4n) is 5.39. The topological polar surface area (TPSA) is 63.6 Å². The second kappa shape index (κ2) is 13.9. The molecule has 0 heterocycles. The first-order valence-electron chi connectivity index (χ1n) is 14.3. The van der Waals surface area contributed by atoms with Gasteiger partial charge in [-0.2, -0.15) is 0 Å². The molecule has 0 amide bonds. The molecule has 1 atom stereocenters. The Bertz CT molecular complexity index is 1210. The lowest BCUT2D eigenvalue weighted by Gasteiger charge is -2.22. The Balaban J connectivity index is 1.34. The Morgan fingerprint density at radius 2 is 1.55 bits per heavy atom. The summed E-state index contributed by atoms with van der Waals surface area (Å²) in [5.41, 5.74) is 5.82. The van der Waals surface area contributed by atoms with Crippen molar-refractivity contribution in [2.45, 2.75) is 84.0 Å². The van der Waals surface area contributed by atoms with Gasteiger partial charge < -0.3 is 9.84 Å². The number of carbonyl (C=O) groups excluding carboxylic acids is 1. The molecule has 4 heteroatoms. The number of benzene rings is 3. The molecule has 0 bridgehead atoms. The number of carboxylic acids is 1. The molecule has 0 saturated carbocycles. The molecule has 1 aliphatic carbocycles. The summed E-state index contributed by atoms with van der Waals surface area (Å²) in [5, 5.41) is 9.32. The third kappa shape index (κ3) is 7.56.